The van der Waals surface area contributed by atoms with Crippen molar-refractivity contribution in [3.63, 3.8) is 0 Å². The summed E-state index contributed by atoms with van der Waals surface area (Å²) in [6.07, 6.45) is -1.20. The fourth-order valence-corrected chi connectivity index (χ4v) is 4.03. The Bertz CT molecular complexity index is 1430. The average Bonchev–Trinajstić information content (AvgIpc) is 3.72. The van der Waals surface area contributed by atoms with Crippen molar-refractivity contribution in [3.05, 3.63) is 72.1 Å². The summed E-state index contributed by atoms with van der Waals surface area (Å²) in [7, 11) is 0. The Morgan fingerprint density at radius 3 is 2.27 bits per heavy atom. The molecule has 41 heavy (non-hydrogen) atoms. The first-order valence-corrected chi connectivity index (χ1v) is 13.1. The smallest absolute Gasteiger partial charge is 0.418 e. The lowest BCUT2D eigenvalue weighted by molar-refractivity contribution is -0.137. The second-order valence-corrected chi connectivity index (χ2v) is 10.9. The maximum absolute atomic E-state index is 14.0. The second kappa shape index (κ2) is 12.0. The normalized spacial score (nSPS) is 13.3. The van der Waals surface area contributed by atoms with Crippen LogP contribution >= 0.6 is 0 Å². The Hall–Kier alpha value is -4.41. The highest BCUT2D eigenvalue weighted by molar-refractivity contribution is 6.12. The van der Waals surface area contributed by atoms with Crippen LogP contribution in [0.4, 0.5) is 35.0 Å². The van der Waals surface area contributed by atoms with Gasteiger partial charge in [0.15, 0.2) is 5.78 Å². The van der Waals surface area contributed by atoms with Crippen LogP contribution in [-0.4, -0.2) is 34.9 Å². The Kier molecular flexibility index (Phi) is 8.65. The number of amides is 2. The van der Waals surface area contributed by atoms with Crippen LogP contribution in [0.2, 0.25) is 0 Å². The number of pyridine rings is 1. The first-order valence-electron chi connectivity index (χ1n) is 13.1. The molecule has 0 bridgehead atoms. The molecule has 2 aromatic carbocycles. The molecule has 1 heterocycles. The van der Waals surface area contributed by atoms with E-state index in [9.17, 15) is 27.6 Å². The Morgan fingerprint density at radius 2 is 1.63 bits per heavy atom. The van der Waals surface area contributed by atoms with E-state index in [1.54, 1.807) is 63.5 Å². The first-order chi connectivity index (χ1) is 19.3. The number of Topliss-reactive ketones (excluding diaryl/α,β-unsaturated/α-hetero) is 1. The number of nitrogens with one attached hydrogen (secondary N) is 3. The predicted molar refractivity (Wildman–Crippen MR) is 150 cm³/mol. The number of alkyl halides is 3. The molecular formula is C30H31F3N4O4. The lowest BCUT2D eigenvalue weighted by atomic mass is 10.0. The number of halogens is 3. The largest absolute Gasteiger partial charge is 0.444 e. The molecule has 4 rings (SSSR count). The van der Waals surface area contributed by atoms with Gasteiger partial charge in [-0.15, -0.1) is 0 Å². The minimum absolute atomic E-state index is 0.107. The molecule has 0 saturated heterocycles. The molecule has 0 spiro atoms. The number of hydrogen-bond donors (Lipinski definition) is 3. The maximum Gasteiger partial charge on any atom is 0.418 e. The molecule has 0 aliphatic heterocycles. The molecule has 1 fully saturated rings. The number of anilines is 3. The SMILES string of the molecule is CC(C)(C)OC(=O)Nc1cc(NCC2CC2)c(C(F)(F)F)cc1NC(=O)CC(=O)c1cccc(-c2cccnc2)c1. The minimum atomic E-state index is -4.75. The first kappa shape index (κ1) is 29.6. The third-order valence-corrected chi connectivity index (χ3v) is 6.15. The Morgan fingerprint density at radius 1 is 0.927 bits per heavy atom. The molecule has 1 aliphatic carbocycles. The van der Waals surface area contributed by atoms with E-state index in [1.165, 1.54) is 0 Å². The van der Waals surface area contributed by atoms with Gasteiger partial charge < -0.3 is 15.4 Å². The molecule has 1 aromatic heterocycles. The van der Waals surface area contributed by atoms with Gasteiger partial charge in [0.05, 0.1) is 23.4 Å². The molecule has 2 amide bonds. The second-order valence-electron chi connectivity index (χ2n) is 10.9. The molecule has 1 aliphatic rings. The number of ether oxygens (including phenoxy) is 1. The standard InChI is InChI=1S/C30H31F3N4O4/c1-29(2,3)41-28(40)37-25-14-23(35-16-18-9-10-18)22(30(31,32)33)13-24(25)36-27(39)15-26(38)20-7-4-6-19(12-20)21-8-5-11-34-17-21/h4-8,11-14,17-18,35H,9-10,15-16H2,1-3H3,(H,36,39)(H,37,40). The Labute approximate surface area is 235 Å². The van der Waals surface area contributed by atoms with Crippen LogP contribution in [0.15, 0.2) is 60.9 Å². The van der Waals surface area contributed by atoms with E-state index in [0.717, 1.165) is 36.1 Å². The van der Waals surface area contributed by atoms with Gasteiger partial charge in [-0.1, -0.05) is 24.3 Å². The van der Waals surface area contributed by atoms with Crippen molar-refractivity contribution in [1.82, 2.24) is 4.98 Å². The third kappa shape index (κ3) is 8.54. The number of hydrogen-bond acceptors (Lipinski definition) is 6. The van der Waals surface area contributed by atoms with Crippen LogP contribution in [0.25, 0.3) is 11.1 Å². The number of rotatable bonds is 9. The van der Waals surface area contributed by atoms with Gasteiger partial charge >= 0.3 is 12.3 Å². The summed E-state index contributed by atoms with van der Waals surface area (Å²) in [6, 6.07) is 12.1. The number of carbonyl (C=O) groups excluding carboxylic acids is 3. The number of aromatic nitrogens is 1. The van der Waals surface area contributed by atoms with E-state index < -0.39 is 41.5 Å². The van der Waals surface area contributed by atoms with E-state index in [1.807, 2.05) is 6.07 Å². The molecule has 11 heteroatoms. The summed E-state index contributed by atoms with van der Waals surface area (Å²) in [6.45, 7) is 5.26. The Balaban J connectivity index is 1.58. The highest BCUT2D eigenvalue weighted by Crippen LogP contribution is 2.41. The van der Waals surface area contributed by atoms with Crippen LogP contribution in [0.3, 0.4) is 0 Å². The molecule has 3 aromatic rings. The van der Waals surface area contributed by atoms with Gasteiger partial charge in [-0.05, 0) is 69.4 Å². The number of benzene rings is 2. The fraction of sp³-hybridized carbons (Fsp3) is 0.333. The highest BCUT2D eigenvalue weighted by atomic mass is 19.4. The van der Waals surface area contributed by atoms with Gasteiger partial charge in [-0.2, -0.15) is 13.2 Å². The van der Waals surface area contributed by atoms with Gasteiger partial charge in [0.25, 0.3) is 0 Å². The fourth-order valence-electron chi connectivity index (χ4n) is 4.03. The van der Waals surface area contributed by atoms with E-state index in [0.29, 0.717) is 6.54 Å². The zero-order valence-electron chi connectivity index (χ0n) is 22.9. The molecule has 8 nitrogen and oxygen atoms in total. The van der Waals surface area contributed by atoms with Gasteiger partial charge in [-0.25, -0.2) is 4.79 Å². The van der Waals surface area contributed by atoms with E-state index in [-0.39, 0.29) is 28.5 Å². The molecule has 0 atom stereocenters. The minimum Gasteiger partial charge on any atom is -0.444 e. The quantitative estimate of drug-likeness (QED) is 0.187. The molecule has 216 valence electrons. The highest BCUT2D eigenvalue weighted by Gasteiger charge is 2.36. The summed E-state index contributed by atoms with van der Waals surface area (Å²) < 4.78 is 47.3. The van der Waals surface area contributed by atoms with Crippen molar-refractivity contribution in [2.75, 3.05) is 22.5 Å². The summed E-state index contributed by atoms with van der Waals surface area (Å²) in [4.78, 5) is 42.4. The third-order valence-electron chi connectivity index (χ3n) is 6.15. The topological polar surface area (TPSA) is 109 Å². The summed E-state index contributed by atoms with van der Waals surface area (Å²) in [5, 5.41) is 7.62. The summed E-state index contributed by atoms with van der Waals surface area (Å²) in [5.74, 6) is -1.10. The molecule has 0 unspecified atom stereocenters. The van der Waals surface area contributed by atoms with Gasteiger partial charge in [0.1, 0.15) is 5.60 Å². The molecular weight excluding hydrogens is 537 g/mol. The summed E-state index contributed by atoms with van der Waals surface area (Å²) in [5.41, 5.74) is -0.799. The van der Waals surface area contributed by atoms with E-state index >= 15 is 0 Å². The monoisotopic (exact) mass is 568 g/mol. The maximum atomic E-state index is 14.0. The van der Waals surface area contributed by atoms with Crippen molar-refractivity contribution in [2.45, 2.75) is 51.8 Å². The summed E-state index contributed by atoms with van der Waals surface area (Å²) >= 11 is 0. The number of ketones is 1. The number of carbonyl (C=O) groups is 3. The van der Waals surface area contributed by atoms with Crippen LogP contribution in [0.1, 0.15) is 56.0 Å². The molecule has 0 radical (unpaired) electrons. The van der Waals surface area contributed by atoms with Crippen LogP contribution in [0.5, 0.6) is 0 Å². The zero-order chi connectivity index (χ0) is 29.8. The van der Waals surface area contributed by atoms with Crippen molar-refractivity contribution < 1.29 is 32.3 Å². The average molecular weight is 569 g/mol. The van der Waals surface area contributed by atoms with Gasteiger partial charge in [-0.3, -0.25) is 19.9 Å². The molecule has 3 N–H and O–H groups in total. The predicted octanol–water partition coefficient (Wildman–Crippen LogP) is 7.15. The van der Waals surface area contributed by atoms with Crippen LogP contribution < -0.4 is 16.0 Å². The number of nitrogens with zero attached hydrogens (tertiary/aromatic N) is 1. The van der Waals surface area contributed by atoms with Crippen molar-refractivity contribution in [1.29, 1.82) is 0 Å². The molecule has 1 saturated carbocycles. The van der Waals surface area contributed by atoms with E-state index in [2.05, 4.69) is 20.9 Å². The van der Waals surface area contributed by atoms with Crippen LogP contribution in [0, 0.1) is 5.92 Å². The zero-order valence-corrected chi connectivity index (χ0v) is 22.9. The lowest BCUT2D eigenvalue weighted by Gasteiger charge is -2.22. The van der Waals surface area contributed by atoms with Gasteiger partial charge in [0, 0.05) is 35.8 Å². The lowest BCUT2D eigenvalue weighted by Crippen LogP contribution is -2.28. The van der Waals surface area contributed by atoms with Crippen LogP contribution in [-0.2, 0) is 15.7 Å². The van der Waals surface area contributed by atoms with Crippen molar-refractivity contribution >= 4 is 34.8 Å². The van der Waals surface area contributed by atoms with Gasteiger partial charge in [0.2, 0.25) is 5.91 Å². The van der Waals surface area contributed by atoms with Crippen molar-refractivity contribution in [3.8, 4) is 11.1 Å². The van der Waals surface area contributed by atoms with Crippen molar-refractivity contribution in [2.24, 2.45) is 5.92 Å². The van der Waals surface area contributed by atoms with E-state index in [4.69, 9.17) is 4.74 Å².